The topological polar surface area (TPSA) is 58.4 Å². The minimum Gasteiger partial charge on any atom is -0.441 e. The molecule has 1 atom stereocenters. The second kappa shape index (κ2) is 5.06. The number of rotatable bonds is 2. The third kappa shape index (κ3) is 2.34. The Morgan fingerprint density at radius 1 is 1.35 bits per heavy atom. The van der Waals surface area contributed by atoms with Crippen LogP contribution >= 0.6 is 0 Å². The number of carbonyl (C=O) groups is 1. The van der Waals surface area contributed by atoms with Crippen molar-refractivity contribution in [1.29, 1.82) is 0 Å². The number of carbonyl (C=O) groups excluding carboxylic acids is 1. The molecule has 1 aromatic heterocycles. The molecule has 3 aliphatic heterocycles. The lowest BCUT2D eigenvalue weighted by Gasteiger charge is -2.56. The number of amides is 1. The lowest BCUT2D eigenvalue weighted by Crippen LogP contribution is -2.69. The van der Waals surface area contributed by atoms with Crippen LogP contribution in [0.1, 0.15) is 42.9 Å². The Bertz CT molecular complexity index is 757. The van der Waals surface area contributed by atoms with Gasteiger partial charge in [0.1, 0.15) is 5.52 Å². The van der Waals surface area contributed by atoms with E-state index in [0.717, 1.165) is 24.2 Å². The van der Waals surface area contributed by atoms with Gasteiger partial charge in [-0.15, -0.1) is 0 Å². The van der Waals surface area contributed by atoms with E-state index in [1.165, 1.54) is 12.8 Å². The predicted octanol–water partition coefficient (Wildman–Crippen LogP) is 2.74. The Kier molecular flexibility index (Phi) is 3.23. The third-order valence-corrected chi connectivity index (χ3v) is 5.63. The summed E-state index contributed by atoms with van der Waals surface area (Å²) in [5.74, 6) is 1.19. The molecule has 5 rings (SSSR count). The van der Waals surface area contributed by atoms with Crippen LogP contribution < -0.4 is 5.32 Å². The fourth-order valence-electron chi connectivity index (χ4n) is 4.29. The summed E-state index contributed by atoms with van der Waals surface area (Å²) in [7, 11) is 0. The smallest absolute Gasteiger partial charge is 0.251 e. The van der Waals surface area contributed by atoms with Crippen LogP contribution in [0, 0.1) is 12.8 Å². The summed E-state index contributed by atoms with van der Waals surface area (Å²) in [5, 5.41) is 3.29. The van der Waals surface area contributed by atoms with Crippen molar-refractivity contribution in [3.63, 3.8) is 0 Å². The highest BCUT2D eigenvalue weighted by Crippen LogP contribution is 2.39. The second-order valence-corrected chi connectivity index (χ2v) is 7.34. The van der Waals surface area contributed by atoms with Gasteiger partial charge in [-0.3, -0.25) is 9.69 Å². The quantitative estimate of drug-likeness (QED) is 0.926. The highest BCUT2D eigenvalue weighted by atomic mass is 16.3. The molecule has 0 saturated carbocycles. The summed E-state index contributed by atoms with van der Waals surface area (Å²) in [4.78, 5) is 19.6. The number of nitrogens with one attached hydrogen (secondary N) is 1. The Labute approximate surface area is 136 Å². The first-order chi connectivity index (χ1) is 10.9. The highest BCUT2D eigenvalue weighted by molar-refractivity contribution is 5.97. The van der Waals surface area contributed by atoms with Gasteiger partial charge in [0.2, 0.25) is 0 Å². The molecule has 5 nitrogen and oxygen atoms in total. The van der Waals surface area contributed by atoms with Gasteiger partial charge >= 0.3 is 0 Å². The number of hydrogen-bond donors (Lipinski definition) is 1. The van der Waals surface area contributed by atoms with Crippen molar-refractivity contribution in [3.8, 4) is 0 Å². The van der Waals surface area contributed by atoms with E-state index in [-0.39, 0.29) is 17.5 Å². The molecule has 3 fully saturated rings. The average molecular weight is 313 g/mol. The van der Waals surface area contributed by atoms with Gasteiger partial charge in [-0.2, -0.15) is 0 Å². The molecule has 2 bridgehead atoms. The van der Waals surface area contributed by atoms with Gasteiger partial charge in [0.15, 0.2) is 11.5 Å². The molecular formula is C18H23N3O2. The van der Waals surface area contributed by atoms with Crippen LogP contribution in [0.15, 0.2) is 22.6 Å². The van der Waals surface area contributed by atoms with E-state index in [2.05, 4.69) is 29.0 Å². The maximum absolute atomic E-state index is 12.7. The average Bonchev–Trinajstić information content (AvgIpc) is 2.90. The van der Waals surface area contributed by atoms with E-state index in [9.17, 15) is 4.79 Å². The number of nitrogens with zero attached hydrogens (tertiary/aromatic N) is 2. The van der Waals surface area contributed by atoms with Crippen molar-refractivity contribution in [2.45, 2.75) is 45.2 Å². The van der Waals surface area contributed by atoms with Gasteiger partial charge in [0.05, 0.1) is 0 Å². The number of aromatic nitrogens is 1. The molecular weight excluding hydrogens is 290 g/mol. The third-order valence-electron chi connectivity index (χ3n) is 5.63. The molecule has 3 aliphatic rings. The number of piperidine rings is 3. The molecule has 0 unspecified atom stereocenters. The van der Waals surface area contributed by atoms with Gasteiger partial charge < -0.3 is 9.73 Å². The zero-order chi connectivity index (χ0) is 16.2. The first-order valence-corrected chi connectivity index (χ1v) is 8.38. The maximum Gasteiger partial charge on any atom is 0.251 e. The first kappa shape index (κ1) is 14.7. The number of oxazole rings is 1. The minimum atomic E-state index is -0.0145. The molecule has 1 amide bonds. The molecule has 4 heterocycles. The SMILES string of the molecule is Cc1nc2cc(C(=O)N[C@H]3C4CCN(CC4)C3(C)C)ccc2o1. The summed E-state index contributed by atoms with van der Waals surface area (Å²) in [6.07, 6.45) is 2.35. The van der Waals surface area contributed by atoms with Crippen LogP contribution in [-0.2, 0) is 0 Å². The second-order valence-electron chi connectivity index (χ2n) is 7.34. The summed E-state index contributed by atoms with van der Waals surface area (Å²) < 4.78 is 5.48. The van der Waals surface area contributed by atoms with E-state index in [1.54, 1.807) is 0 Å². The zero-order valence-corrected chi connectivity index (χ0v) is 13.9. The molecule has 23 heavy (non-hydrogen) atoms. The van der Waals surface area contributed by atoms with Gasteiger partial charge in [0, 0.05) is 24.1 Å². The van der Waals surface area contributed by atoms with E-state index in [0.29, 0.717) is 17.4 Å². The van der Waals surface area contributed by atoms with Crippen molar-refractivity contribution < 1.29 is 9.21 Å². The van der Waals surface area contributed by atoms with Crippen LogP contribution in [0.3, 0.4) is 0 Å². The molecule has 0 aliphatic carbocycles. The van der Waals surface area contributed by atoms with Gasteiger partial charge in [0.25, 0.3) is 5.91 Å². The van der Waals surface area contributed by atoms with Crippen LogP contribution in [0.25, 0.3) is 11.1 Å². The molecule has 122 valence electrons. The van der Waals surface area contributed by atoms with Crippen LogP contribution in [0.2, 0.25) is 0 Å². The normalized spacial score (nSPS) is 28.9. The Hall–Kier alpha value is -1.88. The Morgan fingerprint density at radius 2 is 2.09 bits per heavy atom. The van der Waals surface area contributed by atoms with E-state index >= 15 is 0 Å². The van der Waals surface area contributed by atoms with Crippen molar-refractivity contribution >= 4 is 17.0 Å². The van der Waals surface area contributed by atoms with Crippen LogP contribution in [-0.4, -0.2) is 40.5 Å². The number of fused-ring (bicyclic) bond motifs is 4. The van der Waals surface area contributed by atoms with Crippen molar-refractivity contribution in [2.75, 3.05) is 13.1 Å². The zero-order valence-electron chi connectivity index (χ0n) is 13.9. The van der Waals surface area contributed by atoms with Crippen LogP contribution in [0.5, 0.6) is 0 Å². The maximum atomic E-state index is 12.7. The number of benzene rings is 1. The highest BCUT2D eigenvalue weighted by Gasteiger charge is 2.48. The molecule has 1 N–H and O–H groups in total. The van der Waals surface area contributed by atoms with Gasteiger partial charge in [-0.25, -0.2) is 4.98 Å². The lowest BCUT2D eigenvalue weighted by molar-refractivity contribution is -0.0378. The van der Waals surface area contributed by atoms with Crippen LogP contribution in [0.4, 0.5) is 0 Å². The Balaban J connectivity index is 1.58. The fourth-order valence-corrected chi connectivity index (χ4v) is 4.29. The predicted molar refractivity (Wildman–Crippen MR) is 88.4 cm³/mol. The first-order valence-electron chi connectivity index (χ1n) is 8.38. The van der Waals surface area contributed by atoms with E-state index in [4.69, 9.17) is 4.42 Å². The lowest BCUT2D eigenvalue weighted by atomic mass is 9.72. The van der Waals surface area contributed by atoms with Crippen molar-refractivity contribution in [2.24, 2.45) is 5.92 Å². The molecule has 0 spiro atoms. The monoisotopic (exact) mass is 313 g/mol. The molecule has 2 aromatic rings. The standard InChI is InChI=1S/C18H23N3O2/c1-11-19-14-10-13(4-5-15(14)23-11)17(22)20-16-12-6-8-21(9-7-12)18(16,2)3/h4-5,10,12,16H,6-9H2,1-3H3,(H,20,22)/t16-/m0/s1. The van der Waals surface area contributed by atoms with Gasteiger partial charge in [-0.05, 0) is 63.9 Å². The number of aryl methyl sites for hydroxylation is 1. The van der Waals surface area contributed by atoms with E-state index in [1.807, 2.05) is 25.1 Å². The fraction of sp³-hybridized carbons (Fsp3) is 0.556. The largest absolute Gasteiger partial charge is 0.441 e. The van der Waals surface area contributed by atoms with E-state index < -0.39 is 0 Å². The summed E-state index contributed by atoms with van der Waals surface area (Å²) >= 11 is 0. The minimum absolute atomic E-state index is 0.0145. The number of hydrogen-bond acceptors (Lipinski definition) is 4. The summed E-state index contributed by atoms with van der Waals surface area (Å²) in [6, 6.07) is 5.66. The van der Waals surface area contributed by atoms with Crippen molar-refractivity contribution in [3.05, 3.63) is 29.7 Å². The molecule has 5 heteroatoms. The molecule has 1 aromatic carbocycles. The Morgan fingerprint density at radius 3 is 2.78 bits per heavy atom. The van der Waals surface area contributed by atoms with Crippen molar-refractivity contribution in [1.82, 2.24) is 15.2 Å². The molecule has 3 saturated heterocycles. The summed E-state index contributed by atoms with van der Waals surface area (Å²) in [6.45, 7) is 8.60. The summed E-state index contributed by atoms with van der Waals surface area (Å²) in [5.41, 5.74) is 2.13. The molecule has 0 radical (unpaired) electrons. The van der Waals surface area contributed by atoms with Gasteiger partial charge in [-0.1, -0.05) is 0 Å².